The highest BCUT2D eigenvalue weighted by Crippen LogP contribution is 2.35. The highest BCUT2D eigenvalue weighted by molar-refractivity contribution is 7.89. The number of ether oxygens (including phenoxy) is 1. The van der Waals surface area contributed by atoms with Crippen molar-refractivity contribution >= 4 is 27.0 Å². The van der Waals surface area contributed by atoms with Crippen LogP contribution < -0.4 is 9.88 Å². The summed E-state index contributed by atoms with van der Waals surface area (Å²) in [5, 5.41) is 4.99. The molecule has 3 N–H and O–H groups in total. The van der Waals surface area contributed by atoms with Gasteiger partial charge in [-0.2, -0.15) is 13.2 Å². The number of hydrogen-bond donors (Lipinski definition) is 2. The van der Waals surface area contributed by atoms with Crippen LogP contribution in [0.2, 0.25) is 0 Å². The van der Waals surface area contributed by atoms with Gasteiger partial charge in [-0.15, -0.1) is 0 Å². The molecule has 0 saturated heterocycles. The van der Waals surface area contributed by atoms with E-state index in [1.54, 1.807) is 6.07 Å². The van der Waals surface area contributed by atoms with Crippen molar-refractivity contribution in [2.75, 3.05) is 13.2 Å². The smallest absolute Gasteiger partial charge is 0.417 e. The third kappa shape index (κ3) is 4.89. The number of hydrogen-bond acceptors (Lipinski definition) is 5. The van der Waals surface area contributed by atoms with Gasteiger partial charge in [0, 0.05) is 12.1 Å². The van der Waals surface area contributed by atoms with Crippen molar-refractivity contribution in [3.05, 3.63) is 77.1 Å². The minimum Gasteiger partial charge on any atom is -0.491 e. The van der Waals surface area contributed by atoms with Gasteiger partial charge < -0.3 is 14.6 Å². The number of rotatable bonds is 3. The van der Waals surface area contributed by atoms with Crippen LogP contribution in [0.25, 0.3) is 22.2 Å². The number of carbonyl (C=O) groups is 1. The SMILES string of the molecule is Cc1nc2ccc(-c3ccc4c(c3)CN(C(=O)c3ccc(S(N)(=O)=O)cc3C(F)(F)F)CCO4)cc2[nH]1. The van der Waals surface area contributed by atoms with E-state index in [1.165, 1.54) is 4.90 Å². The number of carbonyl (C=O) groups excluding carboxylic acids is 1. The molecule has 0 bridgehead atoms. The normalized spacial score (nSPS) is 14.2. The largest absolute Gasteiger partial charge is 0.491 e. The molecule has 37 heavy (non-hydrogen) atoms. The van der Waals surface area contributed by atoms with Gasteiger partial charge in [0.05, 0.1) is 33.6 Å². The zero-order valence-electron chi connectivity index (χ0n) is 19.5. The van der Waals surface area contributed by atoms with Crippen LogP contribution in [0.5, 0.6) is 5.75 Å². The summed E-state index contributed by atoms with van der Waals surface area (Å²) >= 11 is 0. The second-order valence-electron chi connectivity index (χ2n) is 8.70. The van der Waals surface area contributed by atoms with Crippen LogP contribution in [0.3, 0.4) is 0 Å². The number of nitrogens with two attached hydrogens (primary N) is 1. The number of halogens is 3. The quantitative estimate of drug-likeness (QED) is 0.411. The maximum absolute atomic E-state index is 13.8. The molecule has 0 radical (unpaired) electrons. The minimum absolute atomic E-state index is 0.00164. The summed E-state index contributed by atoms with van der Waals surface area (Å²) in [6, 6.07) is 13.3. The zero-order chi connectivity index (χ0) is 26.5. The molecular formula is C25H21F3N4O4S. The molecule has 0 atom stereocenters. The van der Waals surface area contributed by atoms with E-state index in [0.717, 1.165) is 40.1 Å². The number of nitrogens with one attached hydrogen (secondary N) is 1. The fraction of sp³-hybridized carbons (Fsp3) is 0.200. The number of aryl methyl sites for hydroxylation is 1. The first-order chi connectivity index (χ1) is 17.4. The van der Waals surface area contributed by atoms with Crippen molar-refractivity contribution < 1.29 is 31.1 Å². The summed E-state index contributed by atoms with van der Waals surface area (Å²) in [5.41, 5.74) is 1.99. The van der Waals surface area contributed by atoms with E-state index < -0.39 is 38.1 Å². The predicted octanol–water partition coefficient (Wildman–Crippen LogP) is 4.24. The van der Waals surface area contributed by atoms with E-state index in [4.69, 9.17) is 9.88 Å². The van der Waals surface area contributed by atoms with Crippen molar-refractivity contribution in [3.63, 3.8) is 0 Å². The molecular weight excluding hydrogens is 509 g/mol. The molecule has 0 fully saturated rings. The average molecular weight is 531 g/mol. The van der Waals surface area contributed by atoms with E-state index in [2.05, 4.69) is 9.97 Å². The minimum atomic E-state index is -4.97. The second kappa shape index (κ2) is 8.89. The molecule has 0 saturated carbocycles. The Kier molecular flexibility index (Phi) is 5.95. The number of aromatic amines is 1. The van der Waals surface area contributed by atoms with Gasteiger partial charge in [0.15, 0.2) is 0 Å². The fourth-order valence-electron chi connectivity index (χ4n) is 4.36. The number of alkyl halides is 3. The van der Waals surface area contributed by atoms with Crippen molar-refractivity contribution in [2.24, 2.45) is 5.14 Å². The topological polar surface area (TPSA) is 118 Å². The first kappa shape index (κ1) is 24.8. The monoisotopic (exact) mass is 530 g/mol. The number of benzene rings is 3. The van der Waals surface area contributed by atoms with Crippen LogP contribution in [-0.2, 0) is 22.7 Å². The van der Waals surface area contributed by atoms with Crippen LogP contribution in [0.15, 0.2) is 59.5 Å². The van der Waals surface area contributed by atoms with Gasteiger partial charge in [0.25, 0.3) is 5.91 Å². The lowest BCUT2D eigenvalue weighted by atomic mass is 10.0. The molecule has 1 aliphatic rings. The number of primary sulfonamides is 1. The molecule has 8 nitrogen and oxygen atoms in total. The summed E-state index contributed by atoms with van der Waals surface area (Å²) in [4.78, 5) is 21.4. The lowest BCUT2D eigenvalue weighted by molar-refractivity contribution is -0.138. The van der Waals surface area contributed by atoms with Gasteiger partial charge in [-0.25, -0.2) is 18.5 Å². The van der Waals surface area contributed by atoms with E-state index in [1.807, 2.05) is 37.3 Å². The average Bonchev–Trinajstić information content (AvgIpc) is 3.07. The molecule has 4 aromatic rings. The Bertz CT molecular complexity index is 1650. The summed E-state index contributed by atoms with van der Waals surface area (Å²) in [5.74, 6) is 0.412. The van der Waals surface area contributed by atoms with Crippen molar-refractivity contribution in [1.29, 1.82) is 0 Å². The highest BCUT2D eigenvalue weighted by Gasteiger charge is 2.37. The Morgan fingerprint density at radius 3 is 2.54 bits per heavy atom. The molecule has 1 aliphatic heterocycles. The van der Waals surface area contributed by atoms with Gasteiger partial charge in [-0.05, 0) is 60.5 Å². The van der Waals surface area contributed by atoms with E-state index in [9.17, 15) is 26.4 Å². The Morgan fingerprint density at radius 2 is 1.81 bits per heavy atom. The van der Waals surface area contributed by atoms with Crippen LogP contribution in [0, 0.1) is 6.92 Å². The molecule has 0 aliphatic carbocycles. The number of sulfonamides is 1. The number of amides is 1. The number of imidazole rings is 1. The Balaban J connectivity index is 1.49. The Hall–Kier alpha value is -3.90. The third-order valence-corrected chi connectivity index (χ3v) is 7.03. The fourth-order valence-corrected chi connectivity index (χ4v) is 4.90. The van der Waals surface area contributed by atoms with Crippen LogP contribution in [0.1, 0.15) is 27.3 Å². The number of nitrogens with zero attached hydrogens (tertiary/aromatic N) is 2. The standard InChI is InChI=1S/C25H21F3N4O4S/c1-14-30-21-6-2-16(11-22(21)31-14)15-3-7-23-17(10-15)13-32(8-9-36-23)24(33)19-5-4-18(37(29,34)35)12-20(19)25(26,27)28/h2-7,10-12H,8-9,13H2,1H3,(H,30,31)(H2,29,34,35). The molecule has 1 amide bonds. The molecule has 2 heterocycles. The van der Waals surface area contributed by atoms with Gasteiger partial charge >= 0.3 is 6.18 Å². The maximum Gasteiger partial charge on any atom is 0.417 e. The molecule has 0 unspecified atom stereocenters. The molecule has 192 valence electrons. The predicted molar refractivity (Wildman–Crippen MR) is 129 cm³/mol. The summed E-state index contributed by atoms with van der Waals surface area (Å²) in [6.07, 6.45) is -4.97. The number of H-pyrrole nitrogens is 1. The summed E-state index contributed by atoms with van der Waals surface area (Å²) in [7, 11) is -4.39. The van der Waals surface area contributed by atoms with Crippen molar-refractivity contribution in [3.8, 4) is 16.9 Å². The second-order valence-corrected chi connectivity index (χ2v) is 10.3. The summed E-state index contributed by atoms with van der Waals surface area (Å²) in [6.45, 7) is 1.98. The summed E-state index contributed by atoms with van der Waals surface area (Å²) < 4.78 is 70.3. The Labute approximate surface area is 209 Å². The number of aromatic nitrogens is 2. The van der Waals surface area contributed by atoms with Crippen molar-refractivity contribution in [1.82, 2.24) is 14.9 Å². The molecule has 12 heteroatoms. The van der Waals surface area contributed by atoms with Crippen molar-refractivity contribution in [2.45, 2.75) is 24.5 Å². The van der Waals surface area contributed by atoms with Gasteiger partial charge in [-0.1, -0.05) is 12.1 Å². The van der Waals surface area contributed by atoms with Crippen LogP contribution in [-0.4, -0.2) is 42.3 Å². The molecule has 3 aromatic carbocycles. The van der Waals surface area contributed by atoms with Gasteiger partial charge in [0.1, 0.15) is 18.2 Å². The Morgan fingerprint density at radius 1 is 1.08 bits per heavy atom. The highest BCUT2D eigenvalue weighted by atomic mass is 32.2. The third-order valence-electron chi connectivity index (χ3n) is 6.12. The molecule has 1 aromatic heterocycles. The first-order valence-electron chi connectivity index (χ1n) is 11.2. The van der Waals surface area contributed by atoms with E-state index >= 15 is 0 Å². The zero-order valence-corrected chi connectivity index (χ0v) is 20.3. The lowest BCUT2D eigenvalue weighted by Gasteiger charge is -2.22. The van der Waals surface area contributed by atoms with Crippen LogP contribution in [0.4, 0.5) is 13.2 Å². The van der Waals surface area contributed by atoms with Gasteiger partial charge in [0.2, 0.25) is 10.0 Å². The van der Waals surface area contributed by atoms with Gasteiger partial charge in [-0.3, -0.25) is 4.79 Å². The first-order valence-corrected chi connectivity index (χ1v) is 12.7. The van der Waals surface area contributed by atoms with Crippen LogP contribution >= 0.6 is 0 Å². The van der Waals surface area contributed by atoms with E-state index in [-0.39, 0.29) is 19.7 Å². The maximum atomic E-state index is 13.8. The van der Waals surface area contributed by atoms with E-state index in [0.29, 0.717) is 17.4 Å². The number of fused-ring (bicyclic) bond motifs is 2. The molecule has 5 rings (SSSR count). The molecule has 0 spiro atoms. The lowest BCUT2D eigenvalue weighted by Crippen LogP contribution is -2.34.